The molecular formula is C14H19F3N2O. The van der Waals surface area contributed by atoms with Crippen LogP contribution >= 0.6 is 0 Å². The maximum absolute atomic E-state index is 12.1. The summed E-state index contributed by atoms with van der Waals surface area (Å²) in [6.45, 7) is 5.91. The molecule has 20 heavy (non-hydrogen) atoms. The van der Waals surface area contributed by atoms with Gasteiger partial charge in [-0.3, -0.25) is 4.90 Å². The highest BCUT2D eigenvalue weighted by atomic mass is 19.4. The zero-order chi connectivity index (χ0) is 14.6. The van der Waals surface area contributed by atoms with E-state index >= 15 is 0 Å². The van der Waals surface area contributed by atoms with Crippen molar-refractivity contribution in [3.63, 3.8) is 0 Å². The van der Waals surface area contributed by atoms with Crippen molar-refractivity contribution in [2.45, 2.75) is 25.7 Å². The van der Waals surface area contributed by atoms with Gasteiger partial charge in [-0.2, -0.15) is 0 Å². The summed E-state index contributed by atoms with van der Waals surface area (Å²) in [5, 5.41) is 3.29. The molecule has 1 fully saturated rings. The van der Waals surface area contributed by atoms with Gasteiger partial charge in [-0.05, 0) is 24.1 Å². The first-order valence-corrected chi connectivity index (χ1v) is 6.80. The first kappa shape index (κ1) is 15.1. The molecule has 1 aliphatic heterocycles. The number of piperazine rings is 1. The van der Waals surface area contributed by atoms with Gasteiger partial charge in [-0.1, -0.05) is 19.1 Å². The topological polar surface area (TPSA) is 24.5 Å². The number of rotatable bonds is 4. The van der Waals surface area contributed by atoms with Crippen molar-refractivity contribution in [3.05, 3.63) is 29.8 Å². The lowest BCUT2D eigenvalue weighted by Crippen LogP contribution is -2.45. The van der Waals surface area contributed by atoms with Crippen LogP contribution in [0.1, 0.15) is 24.9 Å². The van der Waals surface area contributed by atoms with E-state index in [-0.39, 0.29) is 11.8 Å². The maximum Gasteiger partial charge on any atom is 0.573 e. The quantitative estimate of drug-likeness (QED) is 0.922. The zero-order valence-corrected chi connectivity index (χ0v) is 11.4. The SMILES string of the molecule is CC[C@@H](c1ccc(OC(F)(F)F)cc1)N1CCNCC1. The molecule has 112 valence electrons. The molecule has 0 aromatic heterocycles. The number of ether oxygens (including phenoxy) is 1. The summed E-state index contributed by atoms with van der Waals surface area (Å²) >= 11 is 0. The molecule has 3 nitrogen and oxygen atoms in total. The van der Waals surface area contributed by atoms with Crippen LogP contribution in [0.4, 0.5) is 13.2 Å². The Kier molecular flexibility index (Phi) is 4.88. The molecule has 0 radical (unpaired) electrons. The van der Waals surface area contributed by atoms with E-state index in [0.29, 0.717) is 0 Å². The first-order chi connectivity index (χ1) is 9.49. The highest BCUT2D eigenvalue weighted by Gasteiger charge is 2.31. The average molecular weight is 288 g/mol. The van der Waals surface area contributed by atoms with E-state index in [2.05, 4.69) is 21.9 Å². The molecule has 1 aromatic rings. The van der Waals surface area contributed by atoms with Crippen LogP contribution in [0.3, 0.4) is 0 Å². The Morgan fingerprint density at radius 2 is 1.80 bits per heavy atom. The van der Waals surface area contributed by atoms with E-state index in [1.54, 1.807) is 12.1 Å². The molecule has 0 saturated carbocycles. The fourth-order valence-electron chi connectivity index (χ4n) is 2.59. The zero-order valence-electron chi connectivity index (χ0n) is 11.4. The van der Waals surface area contributed by atoms with E-state index in [1.807, 2.05) is 0 Å². The van der Waals surface area contributed by atoms with Crippen LogP contribution in [0.25, 0.3) is 0 Å². The van der Waals surface area contributed by atoms with Gasteiger partial charge in [0.25, 0.3) is 0 Å². The third-order valence-corrected chi connectivity index (χ3v) is 3.48. The average Bonchev–Trinajstić information content (AvgIpc) is 2.41. The maximum atomic E-state index is 12.1. The Hall–Kier alpha value is -1.27. The van der Waals surface area contributed by atoms with Crippen LogP contribution in [-0.2, 0) is 0 Å². The van der Waals surface area contributed by atoms with Crippen molar-refractivity contribution in [2.24, 2.45) is 0 Å². The largest absolute Gasteiger partial charge is 0.573 e. The Morgan fingerprint density at radius 3 is 2.30 bits per heavy atom. The van der Waals surface area contributed by atoms with Crippen molar-refractivity contribution < 1.29 is 17.9 Å². The molecule has 0 unspecified atom stereocenters. The Bertz CT molecular complexity index is 413. The minimum absolute atomic E-state index is 0.170. The molecule has 1 saturated heterocycles. The van der Waals surface area contributed by atoms with Crippen LogP contribution in [0, 0.1) is 0 Å². The molecule has 0 aliphatic carbocycles. The number of hydrogen-bond acceptors (Lipinski definition) is 3. The highest BCUT2D eigenvalue weighted by molar-refractivity contribution is 5.29. The van der Waals surface area contributed by atoms with Gasteiger partial charge in [-0.25, -0.2) is 0 Å². The predicted octanol–water partition coefficient (Wildman–Crippen LogP) is 2.94. The van der Waals surface area contributed by atoms with E-state index in [9.17, 15) is 13.2 Å². The third-order valence-electron chi connectivity index (χ3n) is 3.48. The summed E-state index contributed by atoms with van der Waals surface area (Å²) in [7, 11) is 0. The second-order valence-electron chi connectivity index (χ2n) is 4.83. The summed E-state index contributed by atoms with van der Waals surface area (Å²) in [6, 6.07) is 6.45. The third kappa shape index (κ3) is 4.11. The molecule has 1 aromatic carbocycles. The summed E-state index contributed by atoms with van der Waals surface area (Å²) in [6.07, 6.45) is -3.70. The lowest BCUT2D eigenvalue weighted by molar-refractivity contribution is -0.274. The molecule has 1 heterocycles. The Balaban J connectivity index is 2.06. The second-order valence-corrected chi connectivity index (χ2v) is 4.83. The standard InChI is InChI=1S/C14H19F3N2O/c1-2-13(19-9-7-18-8-10-19)11-3-5-12(6-4-11)20-14(15,16)17/h3-6,13,18H,2,7-10H2,1H3/t13-/m0/s1. The first-order valence-electron chi connectivity index (χ1n) is 6.80. The molecule has 1 N–H and O–H groups in total. The minimum atomic E-state index is -4.63. The van der Waals surface area contributed by atoms with Gasteiger partial charge in [0.05, 0.1) is 0 Å². The molecule has 2 rings (SSSR count). The van der Waals surface area contributed by atoms with Crippen molar-refractivity contribution >= 4 is 0 Å². The van der Waals surface area contributed by atoms with Gasteiger partial charge in [0.2, 0.25) is 0 Å². The molecular weight excluding hydrogens is 269 g/mol. The normalized spacial score (nSPS) is 18.8. The lowest BCUT2D eigenvalue weighted by Gasteiger charge is -2.34. The fourth-order valence-corrected chi connectivity index (χ4v) is 2.59. The molecule has 0 spiro atoms. The van der Waals surface area contributed by atoms with Gasteiger partial charge >= 0.3 is 6.36 Å². The second kappa shape index (κ2) is 6.45. The van der Waals surface area contributed by atoms with Crippen LogP contribution in [0.15, 0.2) is 24.3 Å². The number of hydrogen-bond donors (Lipinski definition) is 1. The number of nitrogens with one attached hydrogen (secondary N) is 1. The summed E-state index contributed by atoms with van der Waals surface area (Å²) in [5.41, 5.74) is 1.03. The summed E-state index contributed by atoms with van der Waals surface area (Å²) < 4.78 is 40.3. The van der Waals surface area contributed by atoms with Crippen molar-refractivity contribution in [2.75, 3.05) is 26.2 Å². The minimum Gasteiger partial charge on any atom is -0.406 e. The van der Waals surface area contributed by atoms with Crippen LogP contribution in [0.2, 0.25) is 0 Å². The van der Waals surface area contributed by atoms with Crippen LogP contribution in [-0.4, -0.2) is 37.4 Å². The Labute approximate surface area is 116 Å². The van der Waals surface area contributed by atoms with E-state index < -0.39 is 6.36 Å². The molecule has 6 heteroatoms. The van der Waals surface area contributed by atoms with Crippen molar-refractivity contribution in [1.29, 1.82) is 0 Å². The fraction of sp³-hybridized carbons (Fsp3) is 0.571. The monoisotopic (exact) mass is 288 g/mol. The summed E-state index contributed by atoms with van der Waals surface area (Å²) in [4.78, 5) is 2.36. The Morgan fingerprint density at radius 1 is 1.20 bits per heavy atom. The van der Waals surface area contributed by atoms with E-state index in [0.717, 1.165) is 38.2 Å². The van der Waals surface area contributed by atoms with Crippen LogP contribution in [0.5, 0.6) is 5.75 Å². The van der Waals surface area contributed by atoms with Crippen LogP contribution < -0.4 is 10.1 Å². The van der Waals surface area contributed by atoms with Gasteiger partial charge in [0, 0.05) is 32.2 Å². The molecule has 1 atom stereocenters. The summed E-state index contributed by atoms with van der Waals surface area (Å²) in [5.74, 6) is -0.170. The highest BCUT2D eigenvalue weighted by Crippen LogP contribution is 2.28. The molecule has 0 amide bonds. The molecule has 0 bridgehead atoms. The van der Waals surface area contributed by atoms with E-state index in [1.165, 1.54) is 12.1 Å². The van der Waals surface area contributed by atoms with Crippen molar-refractivity contribution in [1.82, 2.24) is 10.2 Å². The van der Waals surface area contributed by atoms with Gasteiger partial charge in [-0.15, -0.1) is 13.2 Å². The van der Waals surface area contributed by atoms with E-state index in [4.69, 9.17) is 0 Å². The van der Waals surface area contributed by atoms with Gasteiger partial charge in [0.15, 0.2) is 0 Å². The number of benzene rings is 1. The number of nitrogens with zero attached hydrogens (tertiary/aromatic N) is 1. The smallest absolute Gasteiger partial charge is 0.406 e. The number of alkyl halides is 3. The van der Waals surface area contributed by atoms with Gasteiger partial charge < -0.3 is 10.1 Å². The predicted molar refractivity (Wildman–Crippen MR) is 70.6 cm³/mol. The molecule has 1 aliphatic rings. The van der Waals surface area contributed by atoms with Crippen molar-refractivity contribution in [3.8, 4) is 5.75 Å². The number of halogens is 3. The van der Waals surface area contributed by atoms with Gasteiger partial charge in [0.1, 0.15) is 5.75 Å². The lowest BCUT2D eigenvalue weighted by atomic mass is 10.0.